The Balaban J connectivity index is 1.41. The van der Waals surface area contributed by atoms with Crippen LogP contribution in [0.1, 0.15) is 16.1 Å². The molecule has 0 amide bonds. The number of aromatic nitrogens is 3. The maximum atomic E-state index is 12.1. The molecule has 1 aromatic carbocycles. The van der Waals surface area contributed by atoms with E-state index in [1.54, 1.807) is 7.11 Å². The van der Waals surface area contributed by atoms with Crippen LogP contribution in [0, 0.1) is 0 Å². The number of hydrogen-bond acceptors (Lipinski definition) is 8. The Morgan fingerprint density at radius 3 is 2.85 bits per heavy atom. The molecule has 0 unspecified atom stereocenters. The molecule has 0 spiro atoms. The smallest absolute Gasteiger partial charge is 0.278 e. The Labute approximate surface area is 159 Å². The summed E-state index contributed by atoms with van der Waals surface area (Å²) >= 11 is 1.49. The van der Waals surface area contributed by atoms with Crippen molar-refractivity contribution >= 4 is 17.3 Å². The first-order valence-corrected chi connectivity index (χ1v) is 9.29. The number of aromatic amines is 1. The largest absolute Gasteiger partial charge is 0.497 e. The van der Waals surface area contributed by atoms with Gasteiger partial charge in [0.25, 0.3) is 10.8 Å². The number of benzene rings is 1. The van der Waals surface area contributed by atoms with Crippen molar-refractivity contribution in [3.8, 4) is 16.7 Å². The number of thiazole rings is 1. The number of anilines is 1. The van der Waals surface area contributed by atoms with Gasteiger partial charge in [-0.2, -0.15) is 0 Å². The maximum absolute atomic E-state index is 12.1. The lowest BCUT2D eigenvalue weighted by molar-refractivity contribution is 0.244. The molecule has 27 heavy (non-hydrogen) atoms. The number of fused-ring (bicyclic) bond motifs is 1. The molecular weight excluding hydrogens is 366 g/mol. The van der Waals surface area contributed by atoms with Gasteiger partial charge >= 0.3 is 0 Å². The minimum absolute atomic E-state index is 0.157. The summed E-state index contributed by atoms with van der Waals surface area (Å²) in [6.07, 6.45) is 2.52. The van der Waals surface area contributed by atoms with Gasteiger partial charge in [0.15, 0.2) is 0 Å². The number of nitrogen functional groups attached to an aromatic ring is 1. The second-order valence-corrected chi connectivity index (χ2v) is 7.28. The van der Waals surface area contributed by atoms with E-state index in [9.17, 15) is 4.79 Å². The number of methoxy groups -OCH3 is 1. The van der Waals surface area contributed by atoms with E-state index in [0.717, 1.165) is 22.9 Å². The van der Waals surface area contributed by atoms with Crippen LogP contribution in [0.3, 0.4) is 0 Å². The van der Waals surface area contributed by atoms with Crippen LogP contribution in [0.25, 0.3) is 0 Å². The zero-order valence-electron chi connectivity index (χ0n) is 14.8. The zero-order chi connectivity index (χ0) is 18.8. The van der Waals surface area contributed by atoms with Gasteiger partial charge in [0.05, 0.1) is 18.4 Å². The lowest BCUT2D eigenvalue weighted by Crippen LogP contribution is -2.35. The predicted molar refractivity (Wildman–Crippen MR) is 102 cm³/mol. The third-order valence-corrected chi connectivity index (χ3v) is 5.20. The highest BCUT2D eigenvalue weighted by Gasteiger charge is 2.21. The Morgan fingerprint density at radius 1 is 1.30 bits per heavy atom. The molecule has 0 saturated heterocycles. The molecule has 0 atom stereocenters. The Morgan fingerprint density at radius 2 is 2.07 bits per heavy atom. The van der Waals surface area contributed by atoms with Crippen molar-refractivity contribution in [1.82, 2.24) is 19.9 Å². The normalized spacial score (nSPS) is 14.0. The fourth-order valence-corrected chi connectivity index (χ4v) is 3.83. The van der Waals surface area contributed by atoms with E-state index in [2.05, 4.69) is 19.9 Å². The molecular formula is C18H19N5O3S. The van der Waals surface area contributed by atoms with E-state index in [4.69, 9.17) is 15.2 Å². The van der Waals surface area contributed by atoms with Crippen LogP contribution in [0.2, 0.25) is 0 Å². The molecule has 9 heteroatoms. The SMILES string of the molecule is COc1ccc(Oc2ncc(CN3CCc4nc(N)[nH]c(=O)c4C3)s2)cc1. The summed E-state index contributed by atoms with van der Waals surface area (Å²) in [7, 11) is 1.63. The lowest BCUT2D eigenvalue weighted by atomic mass is 10.1. The van der Waals surface area contributed by atoms with Crippen LogP contribution in [0.5, 0.6) is 16.7 Å². The van der Waals surface area contributed by atoms with Gasteiger partial charge in [-0.05, 0) is 24.3 Å². The van der Waals surface area contributed by atoms with Crippen LogP contribution in [0.15, 0.2) is 35.3 Å². The Hall–Kier alpha value is -2.91. The van der Waals surface area contributed by atoms with Crippen molar-refractivity contribution < 1.29 is 9.47 Å². The summed E-state index contributed by atoms with van der Waals surface area (Å²) < 4.78 is 10.9. The molecule has 1 aliphatic heterocycles. The number of nitrogens with one attached hydrogen (secondary N) is 1. The molecule has 0 aliphatic carbocycles. The first kappa shape index (κ1) is 17.5. The van der Waals surface area contributed by atoms with E-state index < -0.39 is 0 Å². The van der Waals surface area contributed by atoms with Crippen molar-refractivity contribution in [3.05, 3.63) is 57.0 Å². The number of rotatable bonds is 5. The molecule has 4 rings (SSSR count). The van der Waals surface area contributed by atoms with Crippen LogP contribution in [0.4, 0.5) is 5.95 Å². The zero-order valence-corrected chi connectivity index (χ0v) is 15.6. The molecule has 3 N–H and O–H groups in total. The van der Waals surface area contributed by atoms with Gasteiger partial charge < -0.3 is 15.2 Å². The van der Waals surface area contributed by atoms with Gasteiger partial charge in [0.2, 0.25) is 5.95 Å². The van der Waals surface area contributed by atoms with Crippen molar-refractivity contribution in [2.75, 3.05) is 19.4 Å². The van der Waals surface area contributed by atoms with Crippen LogP contribution in [-0.4, -0.2) is 33.5 Å². The summed E-state index contributed by atoms with van der Waals surface area (Å²) in [5.41, 5.74) is 6.94. The molecule has 1 aliphatic rings. The summed E-state index contributed by atoms with van der Waals surface area (Å²) in [6, 6.07) is 7.36. The van der Waals surface area contributed by atoms with Crippen LogP contribution < -0.4 is 20.8 Å². The maximum Gasteiger partial charge on any atom is 0.278 e. The second-order valence-electron chi connectivity index (χ2n) is 6.21. The summed E-state index contributed by atoms with van der Waals surface area (Å²) in [5, 5.41) is 0.583. The highest BCUT2D eigenvalue weighted by molar-refractivity contribution is 7.13. The fourth-order valence-electron chi connectivity index (χ4n) is 3.01. The van der Waals surface area contributed by atoms with Gasteiger partial charge in [0, 0.05) is 37.1 Å². The van der Waals surface area contributed by atoms with Gasteiger partial charge in [-0.3, -0.25) is 14.7 Å². The average molecular weight is 385 g/mol. The number of H-pyrrole nitrogens is 1. The molecule has 0 fully saturated rings. The Kier molecular flexibility index (Phi) is 4.78. The lowest BCUT2D eigenvalue weighted by Gasteiger charge is -2.26. The summed E-state index contributed by atoms with van der Waals surface area (Å²) in [5.74, 6) is 1.66. The van der Waals surface area contributed by atoms with Crippen molar-refractivity contribution in [1.29, 1.82) is 0 Å². The van der Waals surface area contributed by atoms with Gasteiger partial charge in [-0.15, -0.1) is 0 Å². The van der Waals surface area contributed by atoms with Gasteiger partial charge in [-0.1, -0.05) is 11.3 Å². The molecule has 8 nitrogen and oxygen atoms in total. The number of nitrogens with zero attached hydrogens (tertiary/aromatic N) is 3. The second kappa shape index (κ2) is 7.37. The van der Waals surface area contributed by atoms with Crippen molar-refractivity contribution in [2.24, 2.45) is 0 Å². The molecule has 3 heterocycles. The minimum atomic E-state index is -0.157. The molecule has 2 aromatic heterocycles. The standard InChI is InChI=1S/C18H19N5O3S/c1-25-11-2-4-12(5-3-11)26-18-20-8-13(27-18)9-23-7-6-15-14(10-23)16(24)22-17(19)21-15/h2-5,8H,6-7,9-10H2,1H3,(H3,19,21,22,24). The van der Waals surface area contributed by atoms with E-state index in [-0.39, 0.29) is 11.5 Å². The predicted octanol–water partition coefficient (Wildman–Crippen LogP) is 2.17. The topological polar surface area (TPSA) is 106 Å². The van der Waals surface area contributed by atoms with Gasteiger partial charge in [-0.25, -0.2) is 9.97 Å². The number of ether oxygens (including phenoxy) is 2. The highest BCUT2D eigenvalue weighted by atomic mass is 32.1. The number of hydrogen-bond donors (Lipinski definition) is 2. The fraction of sp³-hybridized carbons (Fsp3) is 0.278. The van der Waals surface area contributed by atoms with E-state index >= 15 is 0 Å². The highest BCUT2D eigenvalue weighted by Crippen LogP contribution is 2.29. The molecule has 3 aromatic rings. The van der Waals surface area contributed by atoms with Crippen LogP contribution in [-0.2, 0) is 19.5 Å². The molecule has 0 radical (unpaired) electrons. The Bertz CT molecular complexity index is 999. The first-order valence-electron chi connectivity index (χ1n) is 8.47. The van der Waals surface area contributed by atoms with Gasteiger partial charge in [0.1, 0.15) is 11.5 Å². The third kappa shape index (κ3) is 3.93. The van der Waals surface area contributed by atoms with Crippen molar-refractivity contribution in [2.45, 2.75) is 19.5 Å². The molecule has 0 bridgehead atoms. The molecule has 0 saturated carbocycles. The third-order valence-electron chi connectivity index (χ3n) is 4.34. The van der Waals surface area contributed by atoms with E-state index in [0.29, 0.717) is 36.0 Å². The summed E-state index contributed by atoms with van der Waals surface area (Å²) in [4.78, 5) is 26.5. The van der Waals surface area contributed by atoms with E-state index in [1.165, 1.54) is 11.3 Å². The van der Waals surface area contributed by atoms with Crippen molar-refractivity contribution in [3.63, 3.8) is 0 Å². The first-order chi connectivity index (χ1) is 13.1. The number of nitrogens with two attached hydrogens (primary N) is 1. The average Bonchev–Trinajstić information content (AvgIpc) is 3.09. The summed E-state index contributed by atoms with van der Waals surface area (Å²) in [6.45, 7) is 2.06. The quantitative estimate of drug-likeness (QED) is 0.693. The van der Waals surface area contributed by atoms with Crippen LogP contribution >= 0.6 is 11.3 Å². The monoisotopic (exact) mass is 385 g/mol. The minimum Gasteiger partial charge on any atom is -0.497 e. The van der Waals surface area contributed by atoms with E-state index in [1.807, 2.05) is 30.5 Å². The molecule has 140 valence electrons.